The Bertz CT molecular complexity index is 835. The fourth-order valence-corrected chi connectivity index (χ4v) is 5.55. The van der Waals surface area contributed by atoms with Gasteiger partial charge in [0.05, 0.1) is 22.4 Å². The first-order valence-electron chi connectivity index (χ1n) is 11.3. The van der Waals surface area contributed by atoms with E-state index in [2.05, 4.69) is 54.9 Å². The number of hydrogen-bond donors (Lipinski definition) is 1. The van der Waals surface area contributed by atoms with E-state index < -0.39 is 0 Å². The molecule has 6 nitrogen and oxygen atoms in total. The number of nitrogens with zero attached hydrogens (tertiary/aromatic N) is 3. The van der Waals surface area contributed by atoms with E-state index in [0.717, 1.165) is 48.1 Å². The molecule has 31 heavy (non-hydrogen) atoms. The first kappa shape index (κ1) is 24.3. The number of rotatable bonds is 9. The monoisotopic (exact) mass is 464 g/mol. The van der Waals surface area contributed by atoms with Crippen LogP contribution in [-0.2, 0) is 16.0 Å². The van der Waals surface area contributed by atoms with Gasteiger partial charge in [-0.1, -0.05) is 45.5 Å². The van der Waals surface area contributed by atoms with Crippen LogP contribution in [0, 0.1) is 5.92 Å². The Balaban J connectivity index is 1.43. The molecular weight excluding hydrogens is 428 g/mol. The number of aromatic nitrogens is 2. The van der Waals surface area contributed by atoms with Crippen LogP contribution < -0.4 is 5.32 Å². The molecule has 172 valence electrons. The number of unbranched alkanes of at least 4 members (excludes halogenated alkanes) is 1. The summed E-state index contributed by atoms with van der Waals surface area (Å²) in [4.78, 5) is 23.9. The van der Waals surface area contributed by atoms with Crippen molar-refractivity contribution < 1.29 is 9.21 Å². The van der Waals surface area contributed by atoms with Crippen LogP contribution in [0.4, 0.5) is 5.13 Å². The maximum absolute atomic E-state index is 12.7. The summed E-state index contributed by atoms with van der Waals surface area (Å²) in [5.41, 5.74) is -0.0398. The first-order chi connectivity index (χ1) is 14.8. The van der Waals surface area contributed by atoms with E-state index in [0.29, 0.717) is 16.9 Å². The fraction of sp³-hybridized carbons (Fsp3) is 0.696. The van der Waals surface area contributed by atoms with Gasteiger partial charge < -0.3 is 14.6 Å². The van der Waals surface area contributed by atoms with E-state index in [9.17, 15) is 4.79 Å². The van der Waals surface area contributed by atoms with Gasteiger partial charge in [0.2, 0.25) is 11.8 Å². The maximum Gasteiger partial charge on any atom is 0.229 e. The van der Waals surface area contributed by atoms with Gasteiger partial charge in [-0.15, -0.1) is 11.8 Å². The van der Waals surface area contributed by atoms with Gasteiger partial charge in [-0.3, -0.25) is 4.79 Å². The summed E-state index contributed by atoms with van der Waals surface area (Å²) in [6.45, 7) is 9.72. The van der Waals surface area contributed by atoms with Gasteiger partial charge in [0.25, 0.3) is 0 Å². The smallest absolute Gasteiger partial charge is 0.229 e. The molecule has 2 aromatic heterocycles. The van der Waals surface area contributed by atoms with Crippen molar-refractivity contribution in [3.05, 3.63) is 24.0 Å². The van der Waals surface area contributed by atoms with Crippen molar-refractivity contribution in [2.45, 2.75) is 87.6 Å². The van der Waals surface area contributed by atoms with Gasteiger partial charge in [-0.05, 0) is 45.7 Å². The molecule has 0 atom stereocenters. The maximum atomic E-state index is 12.7. The Labute approximate surface area is 194 Å². The van der Waals surface area contributed by atoms with Crippen molar-refractivity contribution in [3.8, 4) is 0 Å². The minimum absolute atomic E-state index is 0.0398. The molecule has 0 spiro atoms. The number of carbonyl (C=O) groups is 1. The van der Waals surface area contributed by atoms with Crippen molar-refractivity contribution in [1.82, 2.24) is 14.9 Å². The van der Waals surface area contributed by atoms with E-state index in [1.54, 1.807) is 11.8 Å². The zero-order valence-corrected chi connectivity index (χ0v) is 21.1. The Kier molecular flexibility index (Phi) is 8.58. The number of anilines is 1. The van der Waals surface area contributed by atoms with Gasteiger partial charge in [0.1, 0.15) is 5.76 Å². The van der Waals surface area contributed by atoms with E-state index in [1.807, 2.05) is 12.4 Å². The summed E-state index contributed by atoms with van der Waals surface area (Å²) in [6, 6.07) is 0.618. The molecule has 1 aliphatic rings. The second kappa shape index (κ2) is 11.0. The summed E-state index contributed by atoms with van der Waals surface area (Å²) in [6.07, 6.45) is 10.2. The van der Waals surface area contributed by atoms with Crippen LogP contribution in [0.1, 0.15) is 77.9 Å². The predicted octanol–water partition coefficient (Wildman–Crippen LogP) is 5.95. The summed E-state index contributed by atoms with van der Waals surface area (Å²) >= 11 is 3.15. The van der Waals surface area contributed by atoms with Crippen molar-refractivity contribution in [2.24, 2.45) is 5.92 Å². The topological polar surface area (TPSA) is 71.3 Å². The summed E-state index contributed by atoms with van der Waals surface area (Å²) in [5.74, 6) is 2.48. The minimum atomic E-state index is -0.0398. The van der Waals surface area contributed by atoms with Gasteiger partial charge in [-0.2, -0.15) is 0 Å². The molecule has 0 unspecified atom stereocenters. The average Bonchev–Trinajstić information content (AvgIpc) is 3.40. The van der Waals surface area contributed by atoms with E-state index >= 15 is 0 Å². The fourth-order valence-electron chi connectivity index (χ4n) is 3.82. The van der Waals surface area contributed by atoms with E-state index in [4.69, 9.17) is 4.42 Å². The lowest BCUT2D eigenvalue weighted by atomic mass is 9.85. The second-order valence-corrected chi connectivity index (χ2v) is 11.8. The van der Waals surface area contributed by atoms with E-state index in [1.165, 1.54) is 24.2 Å². The highest BCUT2D eigenvalue weighted by molar-refractivity contribution is 8.00. The highest BCUT2D eigenvalue weighted by atomic mass is 32.2. The molecule has 0 bridgehead atoms. The molecule has 1 fully saturated rings. The van der Waals surface area contributed by atoms with Gasteiger partial charge >= 0.3 is 0 Å². The summed E-state index contributed by atoms with van der Waals surface area (Å²) in [5, 5.41) is 3.71. The SMILES string of the molecule is CCCCN(C)C1CCC(C(=O)Nc2ncc(SCc3ncc(C(C)(C)C)o3)s2)CC1. The number of carbonyl (C=O) groups excluding carboxylic acids is 1. The van der Waals surface area contributed by atoms with Crippen molar-refractivity contribution >= 4 is 34.1 Å². The zero-order chi connectivity index (χ0) is 22.4. The number of oxazole rings is 1. The largest absolute Gasteiger partial charge is 0.444 e. The van der Waals surface area contributed by atoms with Gasteiger partial charge in [-0.25, -0.2) is 9.97 Å². The standard InChI is InChI=1S/C23H36N4O2S2/c1-6-7-12-27(5)17-10-8-16(9-11-17)21(28)26-22-25-14-20(31-22)30-15-19-24-13-18(29-19)23(2,3)4/h13-14,16-17H,6-12,15H2,1-5H3,(H,25,26,28). The first-order valence-corrected chi connectivity index (χ1v) is 13.1. The predicted molar refractivity (Wildman–Crippen MR) is 129 cm³/mol. The molecule has 1 saturated carbocycles. The Morgan fingerprint density at radius 1 is 1.26 bits per heavy atom. The third-order valence-corrected chi connectivity index (χ3v) is 7.99. The van der Waals surface area contributed by atoms with Crippen LogP contribution in [0.3, 0.4) is 0 Å². The molecule has 0 saturated heterocycles. The third kappa shape index (κ3) is 7.05. The lowest BCUT2D eigenvalue weighted by Gasteiger charge is -2.34. The molecule has 0 aromatic carbocycles. The number of hydrogen-bond acceptors (Lipinski definition) is 7. The molecule has 8 heteroatoms. The lowest BCUT2D eigenvalue weighted by Crippen LogP contribution is -2.38. The highest BCUT2D eigenvalue weighted by Crippen LogP contribution is 2.33. The zero-order valence-electron chi connectivity index (χ0n) is 19.4. The number of amides is 1. The Morgan fingerprint density at radius 2 is 2.00 bits per heavy atom. The van der Waals surface area contributed by atoms with Crippen LogP contribution in [-0.4, -0.2) is 40.4 Å². The molecule has 2 heterocycles. The van der Waals surface area contributed by atoms with Crippen LogP contribution >= 0.6 is 23.1 Å². The van der Waals surface area contributed by atoms with E-state index in [-0.39, 0.29) is 17.2 Å². The normalized spacial score (nSPS) is 19.7. The number of thiazole rings is 1. The number of thioether (sulfide) groups is 1. The average molecular weight is 465 g/mol. The van der Waals surface area contributed by atoms with Crippen molar-refractivity contribution in [1.29, 1.82) is 0 Å². The molecule has 1 N–H and O–H groups in total. The quantitative estimate of drug-likeness (QED) is 0.462. The molecule has 1 amide bonds. The van der Waals surface area contributed by atoms with Gasteiger partial charge in [0.15, 0.2) is 5.13 Å². The second-order valence-electron chi connectivity index (χ2n) is 9.47. The molecule has 2 aromatic rings. The number of nitrogens with one attached hydrogen (secondary N) is 1. The summed E-state index contributed by atoms with van der Waals surface area (Å²) in [7, 11) is 2.22. The minimum Gasteiger partial charge on any atom is -0.444 e. The third-order valence-electron chi connectivity index (χ3n) is 5.90. The van der Waals surface area contributed by atoms with Crippen LogP contribution in [0.5, 0.6) is 0 Å². The Morgan fingerprint density at radius 3 is 2.65 bits per heavy atom. The van der Waals surface area contributed by atoms with Crippen molar-refractivity contribution in [3.63, 3.8) is 0 Å². The van der Waals surface area contributed by atoms with Gasteiger partial charge in [0, 0.05) is 17.4 Å². The molecule has 3 rings (SSSR count). The molecule has 0 radical (unpaired) electrons. The molecule has 1 aliphatic carbocycles. The summed E-state index contributed by atoms with van der Waals surface area (Å²) < 4.78 is 6.89. The lowest BCUT2D eigenvalue weighted by molar-refractivity contribution is -0.121. The van der Waals surface area contributed by atoms with Crippen LogP contribution in [0.25, 0.3) is 0 Å². The Hall–Kier alpha value is -1.38. The molecular formula is C23H36N4O2S2. The highest BCUT2D eigenvalue weighted by Gasteiger charge is 2.28. The molecule has 0 aliphatic heterocycles. The van der Waals surface area contributed by atoms with Crippen molar-refractivity contribution in [2.75, 3.05) is 18.9 Å². The van der Waals surface area contributed by atoms with Crippen LogP contribution in [0.15, 0.2) is 21.0 Å². The van der Waals surface area contributed by atoms with Crippen LogP contribution in [0.2, 0.25) is 0 Å².